The predicted octanol–water partition coefficient (Wildman–Crippen LogP) is 2.94. The van der Waals surface area contributed by atoms with Crippen LogP contribution in [-0.2, 0) is 25.5 Å². The SMILES string of the molecule is CC(C)CNC(=O)[C@@H](Cc1cnc[nH]1)NC(=O)[C@H](CCC(=O)O)NC(=O)OC1c2ccccc2-c2ccccc21. The number of hydrogen-bond acceptors (Lipinski definition) is 6. The Bertz CT molecular complexity index is 1310. The van der Waals surface area contributed by atoms with Crippen molar-refractivity contribution in [3.05, 3.63) is 77.9 Å². The zero-order valence-electron chi connectivity index (χ0n) is 22.3. The Morgan fingerprint density at radius 3 is 2.17 bits per heavy atom. The summed E-state index contributed by atoms with van der Waals surface area (Å²) in [4.78, 5) is 57.5. The molecule has 1 aromatic heterocycles. The van der Waals surface area contributed by atoms with Gasteiger partial charge >= 0.3 is 12.1 Å². The Labute approximate surface area is 231 Å². The number of aromatic nitrogens is 2. The number of carboxylic acids is 1. The number of fused-ring (bicyclic) bond motifs is 3. The second-order valence-electron chi connectivity index (χ2n) is 10.1. The summed E-state index contributed by atoms with van der Waals surface area (Å²) in [5, 5.41) is 17.2. The van der Waals surface area contributed by atoms with Crippen molar-refractivity contribution in [2.75, 3.05) is 6.54 Å². The number of aromatic amines is 1. The highest BCUT2D eigenvalue weighted by Crippen LogP contribution is 2.45. The number of H-pyrrole nitrogens is 1. The van der Waals surface area contributed by atoms with E-state index in [4.69, 9.17) is 4.74 Å². The van der Waals surface area contributed by atoms with Crippen LogP contribution in [0.2, 0.25) is 0 Å². The summed E-state index contributed by atoms with van der Waals surface area (Å²) < 4.78 is 5.78. The number of nitrogens with zero attached hydrogens (tertiary/aromatic N) is 1. The molecule has 1 aliphatic rings. The fourth-order valence-corrected chi connectivity index (χ4v) is 4.58. The van der Waals surface area contributed by atoms with Crippen LogP contribution >= 0.6 is 0 Å². The molecule has 40 heavy (non-hydrogen) atoms. The van der Waals surface area contributed by atoms with Gasteiger partial charge in [0.05, 0.1) is 6.33 Å². The first-order valence-electron chi connectivity index (χ1n) is 13.2. The first-order chi connectivity index (χ1) is 19.2. The molecule has 3 aromatic rings. The smallest absolute Gasteiger partial charge is 0.408 e. The van der Waals surface area contributed by atoms with Crippen LogP contribution in [0.5, 0.6) is 0 Å². The number of hydrogen-bond donors (Lipinski definition) is 5. The molecule has 0 aliphatic heterocycles. The fourth-order valence-electron chi connectivity index (χ4n) is 4.58. The number of rotatable bonds is 12. The zero-order chi connectivity index (χ0) is 28.6. The topological polar surface area (TPSA) is 163 Å². The number of carbonyl (C=O) groups excluding carboxylic acids is 3. The van der Waals surface area contributed by atoms with Crippen molar-refractivity contribution in [3.63, 3.8) is 0 Å². The first kappa shape index (κ1) is 28.3. The third kappa shape index (κ3) is 7.04. The molecule has 0 saturated heterocycles. The summed E-state index contributed by atoms with van der Waals surface area (Å²) in [6, 6.07) is 12.9. The van der Waals surface area contributed by atoms with Gasteiger partial charge in [-0.2, -0.15) is 0 Å². The van der Waals surface area contributed by atoms with E-state index >= 15 is 0 Å². The molecule has 0 spiro atoms. The van der Waals surface area contributed by atoms with Gasteiger partial charge in [0.25, 0.3) is 0 Å². The quantitative estimate of drug-likeness (QED) is 0.233. The lowest BCUT2D eigenvalue weighted by atomic mass is 10.1. The molecule has 3 amide bonds. The number of imidazole rings is 1. The van der Waals surface area contributed by atoms with E-state index in [-0.39, 0.29) is 25.2 Å². The number of carbonyl (C=O) groups is 4. The molecule has 11 nitrogen and oxygen atoms in total. The van der Waals surface area contributed by atoms with E-state index in [0.717, 1.165) is 22.3 Å². The molecule has 2 atom stereocenters. The molecule has 4 rings (SSSR count). The Balaban J connectivity index is 1.49. The van der Waals surface area contributed by atoms with E-state index < -0.39 is 42.1 Å². The summed E-state index contributed by atoms with van der Waals surface area (Å²) in [6.45, 7) is 4.30. The van der Waals surface area contributed by atoms with Crippen LogP contribution < -0.4 is 16.0 Å². The van der Waals surface area contributed by atoms with Crippen molar-refractivity contribution >= 4 is 23.9 Å². The molecule has 2 aromatic carbocycles. The Hall–Kier alpha value is -4.67. The molecular weight excluding hydrogens is 514 g/mol. The van der Waals surface area contributed by atoms with Gasteiger partial charge in [-0.05, 0) is 23.5 Å². The number of alkyl carbamates (subject to hydrolysis) is 1. The van der Waals surface area contributed by atoms with E-state index in [1.807, 2.05) is 62.4 Å². The number of nitrogens with one attached hydrogen (secondary N) is 4. The molecule has 0 bridgehead atoms. The first-order valence-corrected chi connectivity index (χ1v) is 13.2. The molecule has 0 saturated carbocycles. The van der Waals surface area contributed by atoms with Gasteiger partial charge in [-0.1, -0.05) is 62.4 Å². The van der Waals surface area contributed by atoms with Gasteiger partial charge in [0.1, 0.15) is 12.1 Å². The van der Waals surface area contributed by atoms with Crippen LogP contribution in [-0.4, -0.2) is 57.6 Å². The van der Waals surface area contributed by atoms with Crippen LogP contribution in [0.3, 0.4) is 0 Å². The molecule has 0 fully saturated rings. The van der Waals surface area contributed by atoms with Gasteiger partial charge in [-0.3, -0.25) is 14.4 Å². The molecular formula is C29H33N5O6. The van der Waals surface area contributed by atoms with E-state index in [9.17, 15) is 24.3 Å². The number of aliphatic carboxylic acids is 1. The minimum atomic E-state index is -1.25. The zero-order valence-corrected chi connectivity index (χ0v) is 22.3. The standard InChI is InChI=1S/C29H33N5O6/c1-17(2)14-31-27(37)24(13-18-15-30-16-32-18)33-28(38)23(11-12-25(35)36)34-29(39)40-26-21-9-5-3-7-19(21)20-8-4-6-10-22(20)26/h3-10,15-17,23-24,26H,11-14H2,1-2H3,(H,30,32)(H,31,37)(H,33,38)(H,34,39)(H,35,36)/t23-,24+/m0/s1. The van der Waals surface area contributed by atoms with E-state index in [1.54, 1.807) is 6.20 Å². The highest BCUT2D eigenvalue weighted by atomic mass is 16.6. The molecule has 1 aliphatic carbocycles. The maximum absolute atomic E-state index is 13.3. The third-order valence-corrected chi connectivity index (χ3v) is 6.55. The fraction of sp³-hybridized carbons (Fsp3) is 0.345. The van der Waals surface area contributed by atoms with Crippen molar-refractivity contribution in [2.24, 2.45) is 5.92 Å². The summed E-state index contributed by atoms with van der Waals surface area (Å²) in [7, 11) is 0. The van der Waals surface area contributed by atoms with Crippen molar-refractivity contribution in [1.29, 1.82) is 0 Å². The lowest BCUT2D eigenvalue weighted by Gasteiger charge is -2.24. The van der Waals surface area contributed by atoms with Gasteiger partial charge in [-0.15, -0.1) is 0 Å². The van der Waals surface area contributed by atoms with Crippen molar-refractivity contribution in [2.45, 2.75) is 51.3 Å². The van der Waals surface area contributed by atoms with Gasteiger partial charge < -0.3 is 30.8 Å². The highest BCUT2D eigenvalue weighted by molar-refractivity contribution is 5.92. The second kappa shape index (κ2) is 12.9. The van der Waals surface area contributed by atoms with Gasteiger partial charge in [0.15, 0.2) is 6.10 Å². The molecule has 0 unspecified atom stereocenters. The lowest BCUT2D eigenvalue weighted by Crippen LogP contribution is -2.55. The average molecular weight is 548 g/mol. The van der Waals surface area contributed by atoms with Crippen molar-refractivity contribution < 1.29 is 29.0 Å². The normalized spacial score (nSPS) is 13.6. The second-order valence-corrected chi connectivity index (χ2v) is 10.1. The summed E-state index contributed by atoms with van der Waals surface area (Å²) in [6.07, 6.45) is 0.996. The van der Waals surface area contributed by atoms with Crippen molar-refractivity contribution in [3.8, 4) is 11.1 Å². The van der Waals surface area contributed by atoms with Crippen LogP contribution in [0.25, 0.3) is 11.1 Å². The molecule has 1 heterocycles. The minimum Gasteiger partial charge on any atom is -0.481 e. The highest BCUT2D eigenvalue weighted by Gasteiger charge is 2.33. The minimum absolute atomic E-state index is 0.126. The monoisotopic (exact) mass is 547 g/mol. The van der Waals surface area contributed by atoms with E-state index in [1.165, 1.54) is 6.33 Å². The number of benzene rings is 2. The number of carboxylic acid groups (broad SMARTS) is 1. The Kier molecular flexibility index (Phi) is 9.15. The van der Waals surface area contributed by atoms with E-state index in [2.05, 4.69) is 25.9 Å². The molecule has 0 radical (unpaired) electrons. The predicted molar refractivity (Wildman–Crippen MR) is 146 cm³/mol. The summed E-state index contributed by atoms with van der Waals surface area (Å²) in [5.74, 6) is -2.04. The maximum Gasteiger partial charge on any atom is 0.408 e. The summed E-state index contributed by atoms with van der Waals surface area (Å²) >= 11 is 0. The Morgan fingerprint density at radius 2 is 1.60 bits per heavy atom. The van der Waals surface area contributed by atoms with Crippen LogP contribution in [0, 0.1) is 5.92 Å². The van der Waals surface area contributed by atoms with Crippen LogP contribution in [0.1, 0.15) is 49.6 Å². The van der Waals surface area contributed by atoms with Crippen LogP contribution in [0.15, 0.2) is 61.1 Å². The average Bonchev–Trinajstić information content (AvgIpc) is 3.55. The largest absolute Gasteiger partial charge is 0.481 e. The maximum atomic E-state index is 13.3. The summed E-state index contributed by atoms with van der Waals surface area (Å²) in [5.41, 5.74) is 4.15. The van der Waals surface area contributed by atoms with Crippen molar-refractivity contribution in [1.82, 2.24) is 25.9 Å². The molecule has 11 heteroatoms. The number of ether oxygens (including phenoxy) is 1. The lowest BCUT2D eigenvalue weighted by molar-refractivity contribution is -0.137. The van der Waals surface area contributed by atoms with Gasteiger partial charge in [0, 0.05) is 42.4 Å². The van der Waals surface area contributed by atoms with Gasteiger partial charge in [0.2, 0.25) is 11.8 Å². The van der Waals surface area contributed by atoms with Crippen LogP contribution in [0.4, 0.5) is 4.79 Å². The van der Waals surface area contributed by atoms with E-state index in [0.29, 0.717) is 12.2 Å². The number of amides is 3. The Morgan fingerprint density at radius 1 is 0.950 bits per heavy atom. The molecule has 5 N–H and O–H groups in total. The molecule has 210 valence electrons. The third-order valence-electron chi connectivity index (χ3n) is 6.55. The van der Waals surface area contributed by atoms with Gasteiger partial charge in [-0.25, -0.2) is 9.78 Å².